The van der Waals surface area contributed by atoms with Gasteiger partial charge >= 0.3 is 0 Å². The van der Waals surface area contributed by atoms with Crippen molar-refractivity contribution < 1.29 is 9.59 Å². The summed E-state index contributed by atoms with van der Waals surface area (Å²) in [6.07, 6.45) is 3.29. The van der Waals surface area contributed by atoms with E-state index in [0.29, 0.717) is 6.04 Å². The molecule has 5 nitrogen and oxygen atoms in total. The maximum absolute atomic E-state index is 12.5. The lowest BCUT2D eigenvalue weighted by Crippen LogP contribution is -2.48. The van der Waals surface area contributed by atoms with Crippen molar-refractivity contribution in [2.24, 2.45) is 22.5 Å². The molecule has 0 aromatic heterocycles. The summed E-state index contributed by atoms with van der Waals surface area (Å²) in [5.74, 6) is -0.145. The highest BCUT2D eigenvalue weighted by Crippen LogP contribution is 2.52. The quantitative estimate of drug-likeness (QED) is 0.826. The lowest BCUT2D eigenvalue weighted by atomic mass is 9.65. The molecule has 1 heterocycles. The second kappa shape index (κ2) is 5.84. The lowest BCUT2D eigenvalue weighted by molar-refractivity contribution is -0.134. The first-order valence-corrected chi connectivity index (χ1v) is 8.36. The van der Waals surface area contributed by atoms with Crippen molar-refractivity contribution in [2.45, 2.75) is 66.0 Å². The van der Waals surface area contributed by atoms with Crippen LogP contribution in [0.1, 0.15) is 53.9 Å². The van der Waals surface area contributed by atoms with Gasteiger partial charge in [-0.1, -0.05) is 34.6 Å². The Balaban J connectivity index is 1.93. The average Bonchev–Trinajstić information content (AvgIpc) is 2.63. The Morgan fingerprint density at radius 2 is 1.91 bits per heavy atom. The Bertz CT molecular complexity index is 461. The van der Waals surface area contributed by atoms with Gasteiger partial charge in [-0.3, -0.25) is 9.59 Å². The number of nitrogens with one attached hydrogen (secondary N) is 1. The van der Waals surface area contributed by atoms with Crippen LogP contribution < -0.4 is 11.1 Å². The molecule has 0 radical (unpaired) electrons. The van der Waals surface area contributed by atoms with Crippen molar-refractivity contribution in [2.75, 3.05) is 13.1 Å². The SMILES string of the molecule is CC(C)[C@H](N)C(=O)NCC(=O)N1CC2(C)CC1CC(C)(C)C2. The molecule has 3 atom stereocenters. The zero-order valence-electron chi connectivity index (χ0n) is 14.6. The molecular weight excluding hydrogens is 278 g/mol. The molecule has 1 saturated heterocycles. The fourth-order valence-corrected chi connectivity index (χ4v) is 4.44. The number of nitrogens with two attached hydrogens (primary N) is 1. The third kappa shape index (κ3) is 3.62. The summed E-state index contributed by atoms with van der Waals surface area (Å²) in [6, 6.07) is -0.237. The van der Waals surface area contributed by atoms with Gasteiger partial charge in [0.25, 0.3) is 0 Å². The summed E-state index contributed by atoms with van der Waals surface area (Å²) in [5.41, 5.74) is 6.32. The highest BCUT2D eigenvalue weighted by molar-refractivity contribution is 5.87. The zero-order chi connectivity index (χ0) is 16.7. The van der Waals surface area contributed by atoms with Crippen molar-refractivity contribution in [1.82, 2.24) is 10.2 Å². The van der Waals surface area contributed by atoms with Crippen LogP contribution in [0.25, 0.3) is 0 Å². The summed E-state index contributed by atoms with van der Waals surface area (Å²) in [4.78, 5) is 26.4. The number of carbonyl (C=O) groups excluding carboxylic acids is 2. The summed E-state index contributed by atoms with van der Waals surface area (Å²) < 4.78 is 0. The molecule has 1 aliphatic heterocycles. The van der Waals surface area contributed by atoms with E-state index in [-0.39, 0.29) is 35.1 Å². The Kier molecular flexibility index (Phi) is 4.58. The van der Waals surface area contributed by atoms with E-state index >= 15 is 0 Å². The number of fused-ring (bicyclic) bond motifs is 2. The van der Waals surface area contributed by atoms with Crippen LogP contribution in [-0.4, -0.2) is 41.9 Å². The van der Waals surface area contributed by atoms with Crippen LogP contribution in [0, 0.1) is 16.7 Å². The van der Waals surface area contributed by atoms with Gasteiger partial charge in [0.05, 0.1) is 12.6 Å². The van der Waals surface area contributed by atoms with Gasteiger partial charge in [-0.2, -0.15) is 0 Å². The van der Waals surface area contributed by atoms with E-state index in [1.54, 1.807) is 0 Å². The van der Waals surface area contributed by atoms with Crippen molar-refractivity contribution in [1.29, 1.82) is 0 Å². The van der Waals surface area contributed by atoms with Gasteiger partial charge in [0.2, 0.25) is 11.8 Å². The number of rotatable bonds is 4. The molecule has 22 heavy (non-hydrogen) atoms. The molecule has 0 aromatic rings. The number of hydrogen-bond acceptors (Lipinski definition) is 3. The molecule has 5 heteroatoms. The summed E-state index contributed by atoms with van der Waals surface area (Å²) >= 11 is 0. The van der Waals surface area contributed by atoms with E-state index < -0.39 is 6.04 Å². The second-order valence-electron chi connectivity index (χ2n) is 8.72. The molecule has 0 spiro atoms. The molecule has 2 amide bonds. The van der Waals surface area contributed by atoms with Gasteiger partial charge in [-0.25, -0.2) is 0 Å². The van der Waals surface area contributed by atoms with Crippen molar-refractivity contribution in [3.8, 4) is 0 Å². The lowest BCUT2D eigenvalue weighted by Gasteiger charge is -2.39. The first kappa shape index (κ1) is 17.3. The molecular formula is C17H31N3O2. The minimum atomic E-state index is -0.554. The van der Waals surface area contributed by atoms with E-state index in [1.165, 1.54) is 0 Å². The minimum absolute atomic E-state index is 0.0238. The van der Waals surface area contributed by atoms with Crippen molar-refractivity contribution >= 4 is 11.8 Å². The van der Waals surface area contributed by atoms with Gasteiger partial charge in [-0.05, 0) is 36.0 Å². The normalized spacial score (nSPS) is 31.2. The van der Waals surface area contributed by atoms with Gasteiger partial charge in [0, 0.05) is 12.6 Å². The Hall–Kier alpha value is -1.10. The minimum Gasteiger partial charge on any atom is -0.346 e. The maximum Gasteiger partial charge on any atom is 0.242 e. The first-order valence-electron chi connectivity index (χ1n) is 8.36. The number of hydrogen-bond donors (Lipinski definition) is 2. The molecule has 1 saturated carbocycles. The third-order valence-electron chi connectivity index (χ3n) is 5.17. The fraction of sp³-hybridized carbons (Fsp3) is 0.882. The molecule has 126 valence electrons. The predicted octanol–water partition coefficient (Wildman–Crippen LogP) is 1.51. The topological polar surface area (TPSA) is 75.4 Å². The van der Waals surface area contributed by atoms with Crippen LogP contribution in [0.5, 0.6) is 0 Å². The van der Waals surface area contributed by atoms with Crippen molar-refractivity contribution in [3.63, 3.8) is 0 Å². The van der Waals surface area contributed by atoms with Crippen LogP contribution >= 0.6 is 0 Å². The van der Waals surface area contributed by atoms with Gasteiger partial charge in [-0.15, -0.1) is 0 Å². The van der Waals surface area contributed by atoms with Crippen LogP contribution in [0.15, 0.2) is 0 Å². The summed E-state index contributed by atoms with van der Waals surface area (Å²) in [6.45, 7) is 11.5. The Labute approximate surface area is 134 Å². The Morgan fingerprint density at radius 1 is 1.27 bits per heavy atom. The van der Waals surface area contributed by atoms with Crippen molar-refractivity contribution in [3.05, 3.63) is 0 Å². The highest BCUT2D eigenvalue weighted by Gasteiger charge is 2.50. The smallest absolute Gasteiger partial charge is 0.242 e. The van der Waals surface area contributed by atoms with E-state index in [1.807, 2.05) is 18.7 Å². The van der Waals surface area contributed by atoms with Crippen LogP contribution in [0.3, 0.4) is 0 Å². The monoisotopic (exact) mass is 309 g/mol. The first-order chi connectivity index (χ1) is 10.0. The van der Waals surface area contributed by atoms with Crippen LogP contribution in [0.2, 0.25) is 0 Å². The molecule has 0 aromatic carbocycles. The second-order valence-corrected chi connectivity index (χ2v) is 8.72. The molecule has 2 rings (SSSR count). The van der Waals surface area contributed by atoms with E-state index in [0.717, 1.165) is 25.8 Å². The maximum atomic E-state index is 12.5. The van der Waals surface area contributed by atoms with E-state index in [2.05, 4.69) is 26.1 Å². The molecule has 1 aliphatic carbocycles. The van der Waals surface area contributed by atoms with Gasteiger partial charge in [0.1, 0.15) is 0 Å². The van der Waals surface area contributed by atoms with Gasteiger partial charge < -0.3 is 16.0 Å². The van der Waals surface area contributed by atoms with E-state index in [9.17, 15) is 9.59 Å². The molecule has 2 fully saturated rings. The largest absolute Gasteiger partial charge is 0.346 e. The zero-order valence-corrected chi connectivity index (χ0v) is 14.6. The number of nitrogens with zero attached hydrogens (tertiary/aromatic N) is 1. The number of likely N-dealkylation sites (tertiary alicyclic amines) is 1. The summed E-state index contributed by atoms with van der Waals surface area (Å²) in [7, 11) is 0. The molecule has 3 N–H and O–H groups in total. The highest BCUT2D eigenvalue weighted by atomic mass is 16.2. The van der Waals surface area contributed by atoms with Crippen LogP contribution in [-0.2, 0) is 9.59 Å². The third-order valence-corrected chi connectivity index (χ3v) is 5.17. The predicted molar refractivity (Wildman–Crippen MR) is 87.1 cm³/mol. The molecule has 2 bridgehead atoms. The van der Waals surface area contributed by atoms with E-state index in [4.69, 9.17) is 5.73 Å². The summed E-state index contributed by atoms with van der Waals surface area (Å²) in [5, 5.41) is 2.70. The fourth-order valence-electron chi connectivity index (χ4n) is 4.44. The number of amides is 2. The number of carbonyl (C=O) groups is 2. The van der Waals surface area contributed by atoms with Crippen LogP contribution in [0.4, 0.5) is 0 Å². The average molecular weight is 309 g/mol. The van der Waals surface area contributed by atoms with Gasteiger partial charge in [0.15, 0.2) is 0 Å². The Morgan fingerprint density at radius 3 is 2.50 bits per heavy atom. The standard InChI is InChI=1S/C17H31N3O2/c1-11(2)14(18)15(22)19-8-13(21)20-10-17(5)7-12(20)6-16(3,4)9-17/h11-12,14H,6-10,18H2,1-5H3,(H,19,22)/t12?,14-,17?/m0/s1. The molecule has 2 unspecified atom stereocenters. The molecule has 2 aliphatic rings.